The number of benzene rings is 1. The van der Waals surface area contributed by atoms with Crippen molar-refractivity contribution in [2.75, 3.05) is 0 Å². The number of sulfonamides is 1. The van der Waals surface area contributed by atoms with E-state index in [2.05, 4.69) is 4.72 Å². The van der Waals surface area contributed by atoms with Crippen LogP contribution in [0.25, 0.3) is 0 Å². The molecule has 6 heteroatoms. The molecule has 0 bridgehead atoms. The van der Waals surface area contributed by atoms with Crippen LogP contribution in [0.15, 0.2) is 23.1 Å². The van der Waals surface area contributed by atoms with Crippen molar-refractivity contribution >= 4 is 44.2 Å². The van der Waals surface area contributed by atoms with Gasteiger partial charge in [0.25, 0.3) is 0 Å². The van der Waals surface area contributed by atoms with Crippen molar-refractivity contribution in [3.63, 3.8) is 0 Å². The van der Waals surface area contributed by atoms with E-state index in [1.807, 2.05) is 22.6 Å². The van der Waals surface area contributed by atoms with Crippen LogP contribution in [-0.2, 0) is 10.0 Å². The van der Waals surface area contributed by atoms with Gasteiger partial charge >= 0.3 is 0 Å². The first kappa shape index (κ1) is 13.2. The van der Waals surface area contributed by atoms with Gasteiger partial charge in [0.2, 0.25) is 10.0 Å². The summed E-state index contributed by atoms with van der Waals surface area (Å²) in [5.41, 5.74) is 0. The molecule has 0 aromatic heterocycles. The van der Waals surface area contributed by atoms with Gasteiger partial charge in [-0.3, -0.25) is 0 Å². The summed E-state index contributed by atoms with van der Waals surface area (Å²) in [5.74, 6) is 0. The smallest absolute Gasteiger partial charge is 0.209 e. The van der Waals surface area contributed by atoms with Crippen molar-refractivity contribution in [2.45, 2.75) is 24.8 Å². The normalized spacial score (nSPS) is 12.1. The summed E-state index contributed by atoms with van der Waals surface area (Å²) in [6, 6.07) is 4.58. The third-order valence-corrected chi connectivity index (χ3v) is 4.78. The fourth-order valence-corrected chi connectivity index (χ4v) is 4.12. The number of hydrogen-bond donors (Lipinski definition) is 1. The van der Waals surface area contributed by atoms with Gasteiger partial charge in [0.1, 0.15) is 0 Å². The molecule has 0 aliphatic rings. The molecule has 0 atom stereocenters. The Hall–Kier alpha value is 0.150. The summed E-state index contributed by atoms with van der Waals surface area (Å²) in [5, 5.41) is 0.530. The van der Waals surface area contributed by atoms with Crippen LogP contribution >= 0.6 is 34.2 Å². The second-order valence-electron chi connectivity index (χ2n) is 3.35. The fourth-order valence-electron chi connectivity index (χ4n) is 1.07. The van der Waals surface area contributed by atoms with Gasteiger partial charge in [0.15, 0.2) is 0 Å². The molecule has 1 N–H and O–H groups in total. The lowest BCUT2D eigenvalue weighted by molar-refractivity contribution is 0.569. The number of hydrogen-bond acceptors (Lipinski definition) is 2. The fraction of sp³-hybridized carbons (Fsp3) is 0.333. The van der Waals surface area contributed by atoms with Gasteiger partial charge in [-0.1, -0.05) is 11.6 Å². The molecule has 0 saturated heterocycles. The van der Waals surface area contributed by atoms with E-state index in [-0.39, 0.29) is 10.9 Å². The second kappa shape index (κ2) is 4.99. The summed E-state index contributed by atoms with van der Waals surface area (Å²) in [4.78, 5) is 0.265. The van der Waals surface area contributed by atoms with E-state index in [9.17, 15) is 8.42 Å². The molecular weight excluding hydrogens is 349 g/mol. The lowest BCUT2D eigenvalue weighted by Gasteiger charge is -2.10. The van der Waals surface area contributed by atoms with E-state index in [0.29, 0.717) is 8.59 Å². The van der Waals surface area contributed by atoms with Crippen molar-refractivity contribution in [3.8, 4) is 0 Å². The lowest BCUT2D eigenvalue weighted by Crippen LogP contribution is -2.30. The van der Waals surface area contributed by atoms with Crippen LogP contribution < -0.4 is 4.72 Å². The van der Waals surface area contributed by atoms with Gasteiger partial charge in [0, 0.05) is 14.6 Å². The van der Waals surface area contributed by atoms with Gasteiger partial charge in [-0.15, -0.1) is 0 Å². The number of halogens is 2. The molecule has 15 heavy (non-hydrogen) atoms. The molecule has 1 rings (SSSR count). The monoisotopic (exact) mass is 359 g/mol. The maximum atomic E-state index is 11.8. The first-order valence-corrected chi connectivity index (χ1v) is 7.24. The first-order valence-electron chi connectivity index (χ1n) is 4.30. The largest absolute Gasteiger partial charge is 0.241 e. The molecule has 84 valence electrons. The Labute approximate surface area is 108 Å². The predicted octanol–water partition coefficient (Wildman–Crippen LogP) is 2.63. The van der Waals surface area contributed by atoms with Gasteiger partial charge in [-0.2, -0.15) is 0 Å². The summed E-state index contributed by atoms with van der Waals surface area (Å²) in [6.07, 6.45) is 0. The van der Waals surface area contributed by atoms with E-state index in [4.69, 9.17) is 11.6 Å². The van der Waals surface area contributed by atoms with Crippen LogP contribution in [0, 0.1) is 3.57 Å². The Morgan fingerprint density at radius 1 is 1.40 bits per heavy atom. The number of rotatable bonds is 3. The van der Waals surface area contributed by atoms with Crippen molar-refractivity contribution in [2.24, 2.45) is 0 Å². The highest BCUT2D eigenvalue weighted by Gasteiger charge is 2.18. The van der Waals surface area contributed by atoms with E-state index in [1.165, 1.54) is 6.07 Å². The number of nitrogens with one attached hydrogen (secondary N) is 1. The van der Waals surface area contributed by atoms with Crippen molar-refractivity contribution in [1.82, 2.24) is 4.72 Å². The highest BCUT2D eigenvalue weighted by atomic mass is 127. The van der Waals surface area contributed by atoms with Crippen LogP contribution in [0.5, 0.6) is 0 Å². The van der Waals surface area contributed by atoms with E-state index in [1.54, 1.807) is 26.0 Å². The zero-order valence-corrected chi connectivity index (χ0v) is 12.0. The topological polar surface area (TPSA) is 46.2 Å². The standard InChI is InChI=1S/C9H11ClINO2S/c1-6(2)12-15(13,14)9-4-3-7(10)5-8(9)11/h3-6,12H,1-2H3. The summed E-state index contributed by atoms with van der Waals surface area (Å²) < 4.78 is 26.8. The maximum absolute atomic E-state index is 11.8. The minimum Gasteiger partial charge on any atom is -0.209 e. The van der Waals surface area contributed by atoms with Crippen LogP contribution in [0.1, 0.15) is 13.8 Å². The van der Waals surface area contributed by atoms with Crippen LogP contribution in [-0.4, -0.2) is 14.5 Å². The Balaban J connectivity index is 3.16. The van der Waals surface area contributed by atoms with Crippen molar-refractivity contribution in [3.05, 3.63) is 26.8 Å². The van der Waals surface area contributed by atoms with Crippen LogP contribution in [0.3, 0.4) is 0 Å². The molecule has 0 aliphatic carbocycles. The molecule has 1 aromatic rings. The van der Waals surface area contributed by atoms with E-state index < -0.39 is 10.0 Å². The summed E-state index contributed by atoms with van der Waals surface area (Å²) in [6.45, 7) is 3.56. The average Bonchev–Trinajstić information content (AvgIpc) is 1.99. The van der Waals surface area contributed by atoms with Gasteiger partial charge in [-0.05, 0) is 54.6 Å². The van der Waals surface area contributed by atoms with Gasteiger partial charge in [0.05, 0.1) is 4.90 Å². The first-order chi connectivity index (χ1) is 6.83. The molecule has 0 heterocycles. The van der Waals surface area contributed by atoms with E-state index in [0.717, 1.165) is 0 Å². The van der Waals surface area contributed by atoms with Gasteiger partial charge < -0.3 is 0 Å². The minimum atomic E-state index is -3.42. The zero-order chi connectivity index (χ0) is 11.6. The zero-order valence-electron chi connectivity index (χ0n) is 8.29. The quantitative estimate of drug-likeness (QED) is 0.843. The molecule has 0 aliphatic heterocycles. The molecule has 3 nitrogen and oxygen atoms in total. The lowest BCUT2D eigenvalue weighted by atomic mass is 10.4. The van der Waals surface area contributed by atoms with Crippen LogP contribution in [0.2, 0.25) is 5.02 Å². The predicted molar refractivity (Wildman–Crippen MR) is 69.6 cm³/mol. The molecule has 0 amide bonds. The molecule has 0 saturated carbocycles. The third-order valence-electron chi connectivity index (χ3n) is 1.57. The van der Waals surface area contributed by atoms with Crippen LogP contribution in [0.4, 0.5) is 0 Å². The Kier molecular flexibility index (Phi) is 4.39. The van der Waals surface area contributed by atoms with Crippen molar-refractivity contribution < 1.29 is 8.42 Å². The minimum absolute atomic E-state index is 0.124. The maximum Gasteiger partial charge on any atom is 0.241 e. The SMILES string of the molecule is CC(C)NS(=O)(=O)c1ccc(Cl)cc1I. The Morgan fingerprint density at radius 2 is 2.00 bits per heavy atom. The molecule has 0 spiro atoms. The van der Waals surface area contributed by atoms with Crippen molar-refractivity contribution in [1.29, 1.82) is 0 Å². The molecular formula is C9H11ClINO2S. The third kappa shape index (κ3) is 3.58. The summed E-state index contributed by atoms with van der Waals surface area (Å²) >= 11 is 7.71. The average molecular weight is 360 g/mol. The second-order valence-corrected chi connectivity index (χ2v) is 6.63. The molecule has 1 aromatic carbocycles. The highest BCUT2D eigenvalue weighted by Crippen LogP contribution is 2.22. The Bertz CT molecular complexity index is 459. The highest BCUT2D eigenvalue weighted by molar-refractivity contribution is 14.1. The molecule has 0 unspecified atom stereocenters. The summed E-state index contributed by atoms with van der Waals surface area (Å²) in [7, 11) is -3.42. The molecule has 0 radical (unpaired) electrons. The Morgan fingerprint density at radius 3 is 2.47 bits per heavy atom. The molecule has 0 fully saturated rings. The van der Waals surface area contributed by atoms with E-state index >= 15 is 0 Å². The van der Waals surface area contributed by atoms with Gasteiger partial charge in [-0.25, -0.2) is 13.1 Å².